The van der Waals surface area contributed by atoms with Crippen LogP contribution < -0.4 is 15.5 Å². The Morgan fingerprint density at radius 2 is 1.54 bits per heavy atom. The number of hydrogen-bond donors (Lipinski definition) is 2. The smallest absolute Gasteiger partial charge is 0.254 e. The molecule has 2 aliphatic rings. The number of imide groups is 1. The highest BCUT2D eigenvalue weighted by atomic mass is 32.1. The van der Waals surface area contributed by atoms with Crippen molar-refractivity contribution in [2.45, 2.75) is 72.8 Å². The first-order chi connectivity index (χ1) is 27.9. The molecule has 0 saturated carbocycles. The average Bonchev–Trinajstić information content (AvgIpc) is 3.70. The zero-order chi connectivity index (χ0) is 43.1. The number of hydrogen-bond acceptors (Lipinski definition) is 10. The molecule has 16 heteroatoms. The molecule has 59 heavy (non-hydrogen) atoms. The number of rotatable bonds is 15. The van der Waals surface area contributed by atoms with Gasteiger partial charge in [-0.05, 0) is 50.3 Å². The van der Waals surface area contributed by atoms with Crippen LogP contribution in [0.2, 0.25) is 0 Å². The molecule has 1 aromatic heterocycles. The first-order valence-electron chi connectivity index (χ1n) is 19.9. The first-order valence-corrected chi connectivity index (χ1v) is 20.7. The Kier molecular flexibility index (Phi) is 14.4. The molecule has 5 rings (SSSR count). The number of halogens is 1. The van der Waals surface area contributed by atoms with E-state index in [2.05, 4.69) is 15.6 Å². The molecule has 2 aromatic carbocycles. The van der Waals surface area contributed by atoms with Crippen LogP contribution >= 0.6 is 11.3 Å². The standard InChI is InChI=1S/C43H54FN7O7S/c1-28(12-13-36(54)46-27-53)48(6)38(56)32-23-34(33(44)22-31(32)25-52)49-18-20-51(21-19-49)40(58)43(4,5)26-42(2,3)39(57)50-16-14-30(15-17-50)37(55)47-41-45-24-35(59-41)29-10-8-7-9-11-29/h7-11,22-25,27-28,30H,12-21,26H2,1-6H3,(H,45,47,55)(H,46,53,54). The molecule has 0 radical (unpaired) electrons. The number of amides is 6. The van der Waals surface area contributed by atoms with Crippen LogP contribution in [0, 0.1) is 22.6 Å². The molecule has 2 aliphatic heterocycles. The highest BCUT2D eigenvalue weighted by Crippen LogP contribution is 2.38. The molecule has 6 amide bonds. The van der Waals surface area contributed by atoms with Gasteiger partial charge in [0.1, 0.15) is 5.82 Å². The molecule has 2 saturated heterocycles. The SMILES string of the molecule is CC(CCC(=O)NC=O)N(C)C(=O)c1cc(N2CCN(C(=O)C(C)(C)CC(C)(C)C(=O)N3CCC(C(=O)Nc4ncc(-c5ccccc5)s4)CC3)CC2)c(F)cc1C=O. The van der Waals surface area contributed by atoms with Crippen molar-refractivity contribution in [1.29, 1.82) is 0 Å². The zero-order valence-corrected chi connectivity index (χ0v) is 35.4. The number of anilines is 2. The summed E-state index contributed by atoms with van der Waals surface area (Å²) in [5, 5.41) is 5.55. The van der Waals surface area contributed by atoms with Crippen molar-refractivity contribution in [1.82, 2.24) is 25.0 Å². The molecule has 3 heterocycles. The van der Waals surface area contributed by atoms with Crippen LogP contribution in [0.3, 0.4) is 0 Å². The third kappa shape index (κ3) is 10.8. The molecule has 0 bridgehead atoms. The van der Waals surface area contributed by atoms with Gasteiger partial charge >= 0.3 is 0 Å². The number of carbonyl (C=O) groups is 7. The maximum absolute atomic E-state index is 15.4. The summed E-state index contributed by atoms with van der Waals surface area (Å²) in [7, 11) is 1.53. The molecule has 1 atom stereocenters. The summed E-state index contributed by atoms with van der Waals surface area (Å²) < 4.78 is 15.4. The minimum absolute atomic E-state index is 0.00686. The molecule has 316 valence electrons. The van der Waals surface area contributed by atoms with Gasteiger partial charge in [-0.2, -0.15) is 0 Å². The molecule has 2 N–H and O–H groups in total. The second-order valence-corrected chi connectivity index (χ2v) is 17.7. The third-order valence-corrected chi connectivity index (χ3v) is 12.3. The van der Waals surface area contributed by atoms with Crippen LogP contribution in [0.4, 0.5) is 15.2 Å². The average molecular weight is 832 g/mol. The van der Waals surface area contributed by atoms with E-state index >= 15 is 4.39 Å². The van der Waals surface area contributed by atoms with E-state index in [-0.39, 0.29) is 85.9 Å². The van der Waals surface area contributed by atoms with Crippen LogP contribution in [0.5, 0.6) is 0 Å². The number of carbonyl (C=O) groups excluding carboxylic acids is 7. The Balaban J connectivity index is 1.13. The maximum Gasteiger partial charge on any atom is 0.254 e. The van der Waals surface area contributed by atoms with E-state index < -0.39 is 34.5 Å². The Morgan fingerprint density at radius 3 is 2.14 bits per heavy atom. The van der Waals surface area contributed by atoms with Gasteiger partial charge in [0.15, 0.2) is 11.4 Å². The predicted octanol–water partition coefficient (Wildman–Crippen LogP) is 5.24. The fourth-order valence-electron chi connectivity index (χ4n) is 8.05. The Hall–Kier alpha value is -5.51. The van der Waals surface area contributed by atoms with Crippen LogP contribution in [-0.2, 0) is 24.0 Å². The second kappa shape index (κ2) is 19.0. The lowest BCUT2D eigenvalue weighted by atomic mass is 9.73. The van der Waals surface area contributed by atoms with Gasteiger partial charge in [0, 0.05) is 87.3 Å². The van der Waals surface area contributed by atoms with Crippen molar-refractivity contribution in [2.75, 3.05) is 56.5 Å². The van der Waals surface area contributed by atoms with E-state index in [1.807, 2.05) is 58.0 Å². The number of piperazine rings is 1. The van der Waals surface area contributed by atoms with Crippen LogP contribution in [-0.4, -0.2) is 114 Å². The molecular formula is C43H54FN7O7S. The van der Waals surface area contributed by atoms with Crippen molar-refractivity contribution in [2.24, 2.45) is 16.7 Å². The lowest BCUT2D eigenvalue weighted by Gasteiger charge is -2.42. The lowest BCUT2D eigenvalue weighted by Crippen LogP contribution is -2.54. The number of nitrogens with zero attached hydrogens (tertiary/aromatic N) is 5. The Morgan fingerprint density at radius 1 is 0.932 bits per heavy atom. The maximum atomic E-state index is 15.4. The number of thiazole rings is 1. The van der Waals surface area contributed by atoms with Gasteiger partial charge in [0.05, 0.1) is 16.1 Å². The van der Waals surface area contributed by atoms with Crippen molar-refractivity contribution < 1.29 is 38.0 Å². The molecule has 0 aliphatic carbocycles. The number of aromatic nitrogens is 1. The highest BCUT2D eigenvalue weighted by Gasteiger charge is 2.43. The highest BCUT2D eigenvalue weighted by molar-refractivity contribution is 7.19. The van der Waals surface area contributed by atoms with Crippen molar-refractivity contribution in [3.05, 3.63) is 65.6 Å². The molecular weight excluding hydrogens is 778 g/mol. The molecule has 3 aromatic rings. The van der Waals surface area contributed by atoms with Crippen LogP contribution in [0.1, 0.15) is 87.4 Å². The van der Waals surface area contributed by atoms with Gasteiger partial charge in [0.2, 0.25) is 30.0 Å². The number of aldehydes is 1. The quantitative estimate of drug-likeness (QED) is 0.195. The van der Waals surface area contributed by atoms with E-state index in [4.69, 9.17) is 0 Å². The topological polar surface area (TPSA) is 169 Å². The van der Waals surface area contributed by atoms with Gasteiger partial charge < -0.3 is 24.9 Å². The van der Waals surface area contributed by atoms with Gasteiger partial charge in [-0.3, -0.25) is 38.9 Å². The normalized spacial score (nSPS) is 15.6. The van der Waals surface area contributed by atoms with E-state index in [0.717, 1.165) is 16.5 Å². The van der Waals surface area contributed by atoms with Crippen LogP contribution in [0.25, 0.3) is 10.4 Å². The minimum atomic E-state index is -0.905. The third-order valence-electron chi connectivity index (χ3n) is 11.4. The molecule has 2 fully saturated rings. The number of piperidine rings is 1. The predicted molar refractivity (Wildman–Crippen MR) is 223 cm³/mol. The number of likely N-dealkylation sites (tertiary alicyclic amines) is 1. The van der Waals surface area contributed by atoms with Crippen molar-refractivity contribution in [3.8, 4) is 10.4 Å². The Labute approximate surface area is 348 Å². The summed E-state index contributed by atoms with van der Waals surface area (Å²) in [6.07, 6.45) is 4.05. The van der Waals surface area contributed by atoms with Gasteiger partial charge in [-0.25, -0.2) is 9.37 Å². The van der Waals surface area contributed by atoms with E-state index in [9.17, 15) is 33.6 Å². The van der Waals surface area contributed by atoms with Crippen molar-refractivity contribution >= 4 is 64.4 Å². The van der Waals surface area contributed by atoms with E-state index in [1.54, 1.807) is 27.8 Å². The van der Waals surface area contributed by atoms with Crippen molar-refractivity contribution in [3.63, 3.8) is 0 Å². The summed E-state index contributed by atoms with van der Waals surface area (Å²) in [5.74, 6) is -2.24. The monoisotopic (exact) mass is 831 g/mol. The van der Waals surface area contributed by atoms with Crippen LogP contribution in [0.15, 0.2) is 48.7 Å². The summed E-state index contributed by atoms with van der Waals surface area (Å²) in [4.78, 5) is 101. The number of nitrogens with one attached hydrogen (secondary N) is 2. The summed E-state index contributed by atoms with van der Waals surface area (Å²) in [5.41, 5.74) is -0.716. The van der Waals surface area contributed by atoms with E-state index in [0.29, 0.717) is 43.8 Å². The zero-order valence-electron chi connectivity index (χ0n) is 34.6. The summed E-state index contributed by atoms with van der Waals surface area (Å²) >= 11 is 1.42. The Bertz CT molecular complexity index is 2040. The largest absolute Gasteiger partial charge is 0.366 e. The second-order valence-electron chi connectivity index (χ2n) is 16.7. The molecule has 1 unspecified atom stereocenters. The van der Waals surface area contributed by atoms with Gasteiger partial charge in [-0.1, -0.05) is 69.4 Å². The molecule has 14 nitrogen and oxygen atoms in total. The number of benzene rings is 2. The summed E-state index contributed by atoms with van der Waals surface area (Å²) in [6.45, 7) is 11.0. The van der Waals surface area contributed by atoms with E-state index in [1.165, 1.54) is 29.4 Å². The summed E-state index contributed by atoms with van der Waals surface area (Å²) in [6, 6.07) is 11.8. The fraction of sp³-hybridized carbons (Fsp3) is 0.488. The van der Waals surface area contributed by atoms with Gasteiger partial charge in [-0.15, -0.1) is 0 Å². The fourth-order valence-corrected chi connectivity index (χ4v) is 8.87. The molecule has 0 spiro atoms. The van der Waals surface area contributed by atoms with Gasteiger partial charge in [0.25, 0.3) is 5.91 Å². The lowest BCUT2D eigenvalue weighted by molar-refractivity contribution is -0.149. The first kappa shape index (κ1) is 44.6. The minimum Gasteiger partial charge on any atom is -0.366 e.